The Morgan fingerprint density at radius 2 is 2.38 bits per heavy atom. The molecule has 2 amide bonds. The van der Waals surface area contributed by atoms with Gasteiger partial charge in [-0.25, -0.2) is 9.59 Å². The molecule has 1 aliphatic heterocycles. The Morgan fingerprint density at radius 1 is 1.69 bits per heavy atom. The van der Waals surface area contributed by atoms with Crippen LogP contribution in [-0.4, -0.2) is 41.1 Å². The zero-order valence-corrected chi connectivity index (χ0v) is 9.48. The third kappa shape index (κ3) is 3.25. The summed E-state index contributed by atoms with van der Waals surface area (Å²) in [6, 6.07) is -1.17. The maximum atomic E-state index is 11.7. The second-order valence-corrected chi connectivity index (χ2v) is 4.20. The fourth-order valence-electron chi connectivity index (χ4n) is 1.75. The first-order valence-corrected chi connectivity index (χ1v) is 5.43. The molecule has 16 heavy (non-hydrogen) atoms. The number of carboxylic acids is 1. The lowest BCUT2D eigenvalue weighted by molar-refractivity contribution is -0.139. The molecule has 5 heteroatoms. The van der Waals surface area contributed by atoms with Crippen LogP contribution in [0.3, 0.4) is 0 Å². The van der Waals surface area contributed by atoms with Crippen molar-refractivity contribution in [3.63, 3.8) is 0 Å². The van der Waals surface area contributed by atoms with E-state index in [4.69, 9.17) is 5.11 Å². The van der Waals surface area contributed by atoms with Crippen molar-refractivity contribution in [2.24, 2.45) is 5.92 Å². The van der Waals surface area contributed by atoms with Gasteiger partial charge in [0.15, 0.2) is 0 Å². The molecule has 1 rings (SSSR count). The first-order valence-electron chi connectivity index (χ1n) is 5.43. The highest BCUT2D eigenvalue weighted by molar-refractivity contribution is 5.82. The highest BCUT2D eigenvalue weighted by Gasteiger charge is 2.26. The van der Waals surface area contributed by atoms with E-state index in [1.54, 1.807) is 4.90 Å². The lowest BCUT2D eigenvalue weighted by atomic mass is 10.2. The summed E-state index contributed by atoms with van der Waals surface area (Å²) < 4.78 is 0. The van der Waals surface area contributed by atoms with E-state index in [1.165, 1.54) is 6.08 Å². The molecule has 1 fully saturated rings. The van der Waals surface area contributed by atoms with Crippen molar-refractivity contribution in [2.45, 2.75) is 25.8 Å². The van der Waals surface area contributed by atoms with E-state index in [9.17, 15) is 9.59 Å². The number of nitrogens with one attached hydrogen (secondary N) is 1. The summed E-state index contributed by atoms with van der Waals surface area (Å²) in [6.45, 7) is 6.95. The molecule has 2 N–H and O–H groups in total. The second kappa shape index (κ2) is 5.53. The Kier molecular flexibility index (Phi) is 4.34. The van der Waals surface area contributed by atoms with Crippen molar-refractivity contribution < 1.29 is 14.7 Å². The van der Waals surface area contributed by atoms with Crippen LogP contribution in [0.1, 0.15) is 19.8 Å². The number of nitrogens with zero attached hydrogens (tertiary/aromatic N) is 1. The third-order valence-corrected chi connectivity index (χ3v) is 2.71. The van der Waals surface area contributed by atoms with E-state index in [0.29, 0.717) is 19.0 Å². The van der Waals surface area contributed by atoms with Crippen molar-refractivity contribution in [2.75, 3.05) is 13.1 Å². The van der Waals surface area contributed by atoms with Crippen molar-refractivity contribution in [3.05, 3.63) is 12.7 Å². The van der Waals surface area contributed by atoms with Crippen LogP contribution in [0.25, 0.3) is 0 Å². The van der Waals surface area contributed by atoms with Crippen LogP contribution in [0.2, 0.25) is 0 Å². The van der Waals surface area contributed by atoms with Gasteiger partial charge in [-0.05, 0) is 18.8 Å². The number of aliphatic carboxylic acids is 1. The smallest absolute Gasteiger partial charge is 0.326 e. The van der Waals surface area contributed by atoms with Crippen LogP contribution in [0.15, 0.2) is 12.7 Å². The van der Waals surface area contributed by atoms with Gasteiger partial charge >= 0.3 is 12.0 Å². The Bertz CT molecular complexity index is 291. The van der Waals surface area contributed by atoms with Gasteiger partial charge in [-0.1, -0.05) is 13.0 Å². The quantitative estimate of drug-likeness (QED) is 0.704. The first-order chi connectivity index (χ1) is 7.54. The van der Waals surface area contributed by atoms with Gasteiger partial charge in [0.2, 0.25) is 0 Å². The fourth-order valence-corrected chi connectivity index (χ4v) is 1.75. The molecule has 5 nitrogen and oxygen atoms in total. The summed E-state index contributed by atoms with van der Waals surface area (Å²) >= 11 is 0. The van der Waals surface area contributed by atoms with Gasteiger partial charge in [-0.3, -0.25) is 0 Å². The maximum absolute atomic E-state index is 11.7. The van der Waals surface area contributed by atoms with Gasteiger partial charge in [-0.15, -0.1) is 6.58 Å². The average Bonchev–Trinajstić information content (AvgIpc) is 2.64. The van der Waals surface area contributed by atoms with Crippen molar-refractivity contribution in [1.29, 1.82) is 0 Å². The van der Waals surface area contributed by atoms with Crippen LogP contribution in [0.5, 0.6) is 0 Å². The molecule has 0 aromatic carbocycles. The minimum absolute atomic E-state index is 0.241. The molecule has 2 atom stereocenters. The van der Waals surface area contributed by atoms with Crippen molar-refractivity contribution in [1.82, 2.24) is 10.2 Å². The van der Waals surface area contributed by atoms with Crippen molar-refractivity contribution in [3.8, 4) is 0 Å². The van der Waals surface area contributed by atoms with E-state index in [0.717, 1.165) is 6.42 Å². The Morgan fingerprint density at radius 3 is 2.81 bits per heavy atom. The summed E-state index contributed by atoms with van der Waals surface area (Å²) in [5, 5.41) is 11.4. The summed E-state index contributed by atoms with van der Waals surface area (Å²) in [5.74, 6) is -0.533. The van der Waals surface area contributed by atoms with Crippen LogP contribution >= 0.6 is 0 Å². The highest BCUT2D eigenvalue weighted by Crippen LogP contribution is 2.14. The minimum atomic E-state index is -1.03. The summed E-state index contributed by atoms with van der Waals surface area (Å²) in [7, 11) is 0. The fraction of sp³-hybridized carbons (Fsp3) is 0.636. The second-order valence-electron chi connectivity index (χ2n) is 4.20. The standard InChI is InChI=1S/C11H18N2O3/c1-3-4-9(10(14)15)12-11(16)13-6-5-8(2)7-13/h3,8-9H,1,4-7H2,2H3,(H,12,16)(H,14,15). The molecule has 2 unspecified atom stereocenters. The lowest BCUT2D eigenvalue weighted by Gasteiger charge is -2.20. The van der Waals surface area contributed by atoms with E-state index < -0.39 is 12.0 Å². The number of rotatable bonds is 4. The normalized spacial score (nSPS) is 21.6. The van der Waals surface area contributed by atoms with Gasteiger partial charge in [0.1, 0.15) is 6.04 Å². The number of likely N-dealkylation sites (tertiary alicyclic amines) is 1. The molecule has 0 bridgehead atoms. The van der Waals surface area contributed by atoms with Crippen LogP contribution < -0.4 is 5.32 Å². The third-order valence-electron chi connectivity index (χ3n) is 2.71. The molecule has 90 valence electrons. The van der Waals surface area contributed by atoms with E-state index in [1.807, 2.05) is 0 Å². The zero-order chi connectivity index (χ0) is 12.1. The summed E-state index contributed by atoms with van der Waals surface area (Å²) in [4.78, 5) is 24.2. The van der Waals surface area contributed by atoms with Crippen LogP contribution in [-0.2, 0) is 4.79 Å². The molecule has 0 aliphatic carbocycles. The van der Waals surface area contributed by atoms with Gasteiger partial charge in [-0.2, -0.15) is 0 Å². The number of amides is 2. The number of hydrogen-bond donors (Lipinski definition) is 2. The molecular weight excluding hydrogens is 208 g/mol. The molecule has 0 aromatic heterocycles. The SMILES string of the molecule is C=CCC(NC(=O)N1CCC(C)C1)C(=O)O. The van der Waals surface area contributed by atoms with Crippen molar-refractivity contribution >= 4 is 12.0 Å². The predicted octanol–water partition coefficient (Wildman–Crippen LogP) is 1.07. The number of carboxylic acid groups (broad SMARTS) is 1. The largest absolute Gasteiger partial charge is 0.480 e. The van der Waals surface area contributed by atoms with Crippen LogP contribution in [0, 0.1) is 5.92 Å². The number of carbonyl (C=O) groups is 2. The average molecular weight is 226 g/mol. The number of hydrogen-bond acceptors (Lipinski definition) is 2. The van der Waals surface area contributed by atoms with Gasteiger partial charge in [0.05, 0.1) is 0 Å². The zero-order valence-electron chi connectivity index (χ0n) is 9.48. The van der Waals surface area contributed by atoms with E-state index >= 15 is 0 Å². The molecule has 0 saturated carbocycles. The molecule has 0 spiro atoms. The molecule has 1 saturated heterocycles. The molecule has 0 radical (unpaired) electrons. The highest BCUT2D eigenvalue weighted by atomic mass is 16.4. The topological polar surface area (TPSA) is 69.6 Å². The summed E-state index contributed by atoms with van der Waals surface area (Å²) in [5.41, 5.74) is 0. The predicted molar refractivity (Wildman–Crippen MR) is 60.1 cm³/mol. The summed E-state index contributed by atoms with van der Waals surface area (Å²) in [6.07, 6.45) is 2.71. The Labute approximate surface area is 95.1 Å². The maximum Gasteiger partial charge on any atom is 0.326 e. The van der Waals surface area contributed by atoms with Crippen LogP contribution in [0.4, 0.5) is 4.79 Å². The lowest BCUT2D eigenvalue weighted by Crippen LogP contribution is -2.47. The molecule has 0 aromatic rings. The van der Waals surface area contributed by atoms with E-state index in [-0.39, 0.29) is 12.5 Å². The number of carbonyl (C=O) groups excluding carboxylic acids is 1. The Hall–Kier alpha value is -1.52. The van der Waals surface area contributed by atoms with Gasteiger partial charge < -0.3 is 15.3 Å². The van der Waals surface area contributed by atoms with Gasteiger partial charge in [0, 0.05) is 13.1 Å². The monoisotopic (exact) mass is 226 g/mol. The molecule has 1 heterocycles. The minimum Gasteiger partial charge on any atom is -0.480 e. The first kappa shape index (κ1) is 12.5. The molecule has 1 aliphatic rings. The van der Waals surface area contributed by atoms with Gasteiger partial charge in [0.25, 0.3) is 0 Å². The number of urea groups is 1. The Balaban J connectivity index is 2.48. The van der Waals surface area contributed by atoms with E-state index in [2.05, 4.69) is 18.8 Å². The molecular formula is C11H18N2O3.